The van der Waals surface area contributed by atoms with Crippen LogP contribution in [-0.2, 0) is 28.6 Å². The van der Waals surface area contributed by atoms with Crippen molar-refractivity contribution in [3.8, 4) is 0 Å². The minimum absolute atomic E-state index is 0.0803. The molecule has 6 nitrogen and oxygen atoms in total. The van der Waals surface area contributed by atoms with Crippen LogP contribution in [0.1, 0.15) is 329 Å². The number of ether oxygens (including phenoxy) is 3. The summed E-state index contributed by atoms with van der Waals surface area (Å²) in [5.74, 6) is -0.891. The lowest BCUT2D eigenvalue weighted by atomic mass is 10.0. The molecule has 0 rings (SSSR count). The van der Waals surface area contributed by atoms with E-state index in [1.165, 1.54) is 218 Å². The molecule has 69 heavy (non-hydrogen) atoms. The highest BCUT2D eigenvalue weighted by atomic mass is 16.6. The van der Waals surface area contributed by atoms with Crippen LogP contribution >= 0.6 is 0 Å². The van der Waals surface area contributed by atoms with E-state index in [-0.39, 0.29) is 31.1 Å². The van der Waals surface area contributed by atoms with Crippen LogP contribution in [0.5, 0.6) is 0 Å². The van der Waals surface area contributed by atoms with E-state index in [9.17, 15) is 14.4 Å². The zero-order chi connectivity index (χ0) is 50.0. The van der Waals surface area contributed by atoms with E-state index in [0.717, 1.165) is 70.6 Å². The molecule has 0 heterocycles. The number of esters is 3. The molecule has 0 saturated heterocycles. The molecule has 1 unspecified atom stereocenters. The van der Waals surface area contributed by atoms with Gasteiger partial charge in [-0.05, 0) is 70.6 Å². The van der Waals surface area contributed by atoms with E-state index in [2.05, 4.69) is 57.2 Å². The number of rotatable bonds is 56. The second kappa shape index (κ2) is 58.2. The fourth-order valence-electron chi connectivity index (χ4n) is 9.02. The average Bonchev–Trinajstić information content (AvgIpc) is 3.35. The van der Waals surface area contributed by atoms with Crippen molar-refractivity contribution in [2.75, 3.05) is 13.2 Å². The number of allylic oxidation sites excluding steroid dienone is 6. The summed E-state index contributed by atoms with van der Waals surface area (Å²) in [6, 6.07) is 0. The predicted octanol–water partition coefficient (Wildman–Crippen LogP) is 20.4. The van der Waals surface area contributed by atoms with E-state index in [1.54, 1.807) is 0 Å². The summed E-state index contributed by atoms with van der Waals surface area (Å²) in [6.45, 7) is 6.66. The molecule has 0 saturated carbocycles. The number of unbranched alkanes of at least 4 members (excludes halogenated alkanes) is 40. The third-order valence-corrected chi connectivity index (χ3v) is 13.6. The molecule has 1 atom stereocenters. The van der Waals surface area contributed by atoms with Crippen LogP contribution in [-0.4, -0.2) is 37.2 Å². The molecular weight excluding hydrogens is 853 g/mol. The number of hydrogen-bond donors (Lipinski definition) is 0. The van der Waals surface area contributed by atoms with Crippen molar-refractivity contribution in [1.29, 1.82) is 0 Å². The van der Waals surface area contributed by atoms with Crippen molar-refractivity contribution in [2.45, 2.75) is 335 Å². The summed E-state index contributed by atoms with van der Waals surface area (Å²) < 4.78 is 16.9. The van der Waals surface area contributed by atoms with Crippen LogP contribution in [0.15, 0.2) is 36.5 Å². The highest BCUT2D eigenvalue weighted by Crippen LogP contribution is 2.17. The number of carbonyl (C=O) groups excluding carboxylic acids is 3. The van der Waals surface area contributed by atoms with E-state index < -0.39 is 6.10 Å². The van der Waals surface area contributed by atoms with Gasteiger partial charge in [0.25, 0.3) is 0 Å². The van der Waals surface area contributed by atoms with E-state index >= 15 is 0 Å². The standard InChI is InChI=1S/C63H116O6/c1-4-7-10-13-16-19-22-25-28-31-32-33-36-38-41-44-47-50-53-56-62(65)68-59-60(69-63(66)57-54-51-48-45-42-39-35-30-27-24-21-18-15-12-9-6-3)58-67-61(64)55-52-49-46-43-40-37-34-29-26-23-20-17-14-11-8-5-2/h30-32,35,39,42,60H,4-29,33-34,36-38,40-41,43-59H2,1-3H3/b32-31-,35-30-,42-39-. The fourth-order valence-corrected chi connectivity index (χ4v) is 9.02. The fraction of sp³-hybridized carbons (Fsp3) is 0.857. The van der Waals surface area contributed by atoms with Gasteiger partial charge in [-0.15, -0.1) is 0 Å². The molecule has 6 heteroatoms. The Bertz CT molecular complexity index is 1160. The Labute approximate surface area is 429 Å². The molecule has 0 aromatic rings. The first-order valence-electron chi connectivity index (χ1n) is 30.5. The molecule has 0 aliphatic carbocycles. The van der Waals surface area contributed by atoms with Crippen molar-refractivity contribution < 1.29 is 28.6 Å². The van der Waals surface area contributed by atoms with Crippen molar-refractivity contribution in [3.05, 3.63) is 36.5 Å². The lowest BCUT2D eigenvalue weighted by Gasteiger charge is -2.18. The monoisotopic (exact) mass is 969 g/mol. The largest absolute Gasteiger partial charge is 0.462 e. The van der Waals surface area contributed by atoms with E-state index in [1.807, 2.05) is 0 Å². The Morgan fingerprint density at radius 3 is 0.826 bits per heavy atom. The minimum atomic E-state index is -0.785. The van der Waals surface area contributed by atoms with Crippen molar-refractivity contribution >= 4 is 17.9 Å². The summed E-state index contributed by atoms with van der Waals surface area (Å²) in [7, 11) is 0. The Morgan fingerprint density at radius 1 is 0.290 bits per heavy atom. The lowest BCUT2D eigenvalue weighted by Crippen LogP contribution is -2.30. The number of hydrogen-bond acceptors (Lipinski definition) is 6. The van der Waals surface area contributed by atoms with Gasteiger partial charge in [-0.25, -0.2) is 0 Å². The summed E-state index contributed by atoms with van der Waals surface area (Å²) in [6.07, 6.45) is 70.0. The highest BCUT2D eigenvalue weighted by Gasteiger charge is 2.19. The van der Waals surface area contributed by atoms with Gasteiger partial charge in [0.15, 0.2) is 6.10 Å². The van der Waals surface area contributed by atoms with Gasteiger partial charge in [-0.2, -0.15) is 0 Å². The van der Waals surface area contributed by atoms with E-state index in [4.69, 9.17) is 14.2 Å². The molecule has 404 valence electrons. The Morgan fingerprint density at radius 2 is 0.522 bits per heavy atom. The second-order valence-corrected chi connectivity index (χ2v) is 20.6. The first-order valence-corrected chi connectivity index (χ1v) is 30.5. The molecule has 0 radical (unpaired) electrons. The van der Waals surface area contributed by atoms with Crippen LogP contribution in [0.25, 0.3) is 0 Å². The SMILES string of the molecule is CCCCCCCCC/C=C\C=C/CCCCCC(=O)OC(COC(=O)CCCCCCCCC/C=C\CCCCCCCCCC)COC(=O)CCCCCCCCCCCCCCCCCC. The minimum Gasteiger partial charge on any atom is -0.462 e. The smallest absolute Gasteiger partial charge is 0.306 e. The molecule has 0 fully saturated rings. The maximum atomic E-state index is 12.9. The molecule has 0 spiro atoms. The van der Waals surface area contributed by atoms with Gasteiger partial charge < -0.3 is 14.2 Å². The lowest BCUT2D eigenvalue weighted by molar-refractivity contribution is -0.167. The van der Waals surface area contributed by atoms with Gasteiger partial charge in [0.2, 0.25) is 0 Å². The topological polar surface area (TPSA) is 78.9 Å². The van der Waals surface area contributed by atoms with E-state index in [0.29, 0.717) is 19.3 Å². The van der Waals surface area contributed by atoms with Crippen LogP contribution in [0.3, 0.4) is 0 Å². The quantitative estimate of drug-likeness (QED) is 0.0199. The van der Waals surface area contributed by atoms with Gasteiger partial charge in [-0.3, -0.25) is 14.4 Å². The molecule has 0 amide bonds. The summed E-state index contributed by atoms with van der Waals surface area (Å²) >= 11 is 0. The Balaban J connectivity index is 4.37. The van der Waals surface area contributed by atoms with Gasteiger partial charge >= 0.3 is 17.9 Å². The summed E-state index contributed by atoms with van der Waals surface area (Å²) in [5, 5.41) is 0. The van der Waals surface area contributed by atoms with Gasteiger partial charge in [-0.1, -0.05) is 276 Å². The molecule has 0 N–H and O–H groups in total. The molecule has 0 aliphatic heterocycles. The third kappa shape index (κ3) is 56.4. The maximum absolute atomic E-state index is 12.9. The maximum Gasteiger partial charge on any atom is 0.306 e. The predicted molar refractivity (Wildman–Crippen MR) is 298 cm³/mol. The molecule has 0 aromatic heterocycles. The van der Waals surface area contributed by atoms with Gasteiger partial charge in [0.1, 0.15) is 13.2 Å². The van der Waals surface area contributed by atoms with Crippen LogP contribution in [0.4, 0.5) is 0 Å². The summed E-state index contributed by atoms with van der Waals surface area (Å²) in [5.41, 5.74) is 0. The first-order chi connectivity index (χ1) is 34.0. The number of carbonyl (C=O) groups is 3. The summed E-state index contributed by atoms with van der Waals surface area (Å²) in [4.78, 5) is 38.2. The molecule has 0 aliphatic rings. The molecule has 0 aromatic carbocycles. The van der Waals surface area contributed by atoms with Crippen molar-refractivity contribution in [3.63, 3.8) is 0 Å². The van der Waals surface area contributed by atoms with Crippen molar-refractivity contribution in [2.24, 2.45) is 0 Å². The second-order valence-electron chi connectivity index (χ2n) is 20.6. The van der Waals surface area contributed by atoms with Gasteiger partial charge in [0.05, 0.1) is 0 Å². The normalized spacial score (nSPS) is 12.2. The molecular formula is C63H116O6. The van der Waals surface area contributed by atoms with Crippen LogP contribution in [0, 0.1) is 0 Å². The Kier molecular flexibility index (Phi) is 56.2. The first kappa shape index (κ1) is 66.6. The molecule has 0 bridgehead atoms. The van der Waals surface area contributed by atoms with Crippen LogP contribution in [0.2, 0.25) is 0 Å². The van der Waals surface area contributed by atoms with Crippen LogP contribution < -0.4 is 0 Å². The zero-order valence-corrected chi connectivity index (χ0v) is 46.3. The Hall–Kier alpha value is -2.37. The average molecular weight is 970 g/mol. The van der Waals surface area contributed by atoms with Crippen molar-refractivity contribution in [1.82, 2.24) is 0 Å². The third-order valence-electron chi connectivity index (χ3n) is 13.6. The van der Waals surface area contributed by atoms with Gasteiger partial charge in [0, 0.05) is 19.3 Å². The zero-order valence-electron chi connectivity index (χ0n) is 46.3. The highest BCUT2D eigenvalue weighted by molar-refractivity contribution is 5.71.